The minimum Gasteiger partial charge on any atom is -0.665 e. The van der Waals surface area contributed by atoms with Gasteiger partial charge in [-0.3, -0.25) is 9.61 Å². The van der Waals surface area contributed by atoms with Crippen LogP contribution in [0.2, 0.25) is 0 Å². The van der Waals surface area contributed by atoms with Crippen molar-refractivity contribution >= 4 is 5.52 Å². The van der Waals surface area contributed by atoms with Crippen LogP contribution < -0.4 is 56.1 Å². The second-order valence-corrected chi connectivity index (χ2v) is 1.88. The first kappa shape index (κ1) is 16.4. The number of ether oxygens (including phenoxy) is 1. The molecule has 7 heteroatoms. The molecule has 0 saturated carbocycles. The van der Waals surface area contributed by atoms with Crippen molar-refractivity contribution < 1.29 is 56.1 Å². The number of fused-ring (bicyclic) bond motifs is 1. The Bertz CT molecular complexity index is 348. The first-order valence-electron chi connectivity index (χ1n) is 3.90. The van der Waals surface area contributed by atoms with Crippen LogP contribution in [-0.4, -0.2) is 19.8 Å². The van der Waals surface area contributed by atoms with Gasteiger partial charge >= 0.3 is 51.4 Å². The van der Waals surface area contributed by atoms with Crippen LogP contribution in [0.15, 0.2) is 12.5 Å². The molecule has 2 rings (SSSR count). The van der Waals surface area contributed by atoms with Gasteiger partial charge in [-0.05, 0) is 0 Å². The van der Waals surface area contributed by atoms with E-state index in [0.717, 1.165) is 0 Å². The van der Waals surface area contributed by atoms with E-state index in [2.05, 4.69) is 33.2 Å². The summed E-state index contributed by atoms with van der Waals surface area (Å²) >= 11 is 0. The molecule has 2 aromatic rings. The van der Waals surface area contributed by atoms with Crippen LogP contribution in [0.25, 0.3) is 5.52 Å². The second kappa shape index (κ2) is 8.31. The van der Waals surface area contributed by atoms with E-state index in [1.54, 1.807) is 0 Å². The molecule has 0 N–H and O–H groups in total. The van der Waals surface area contributed by atoms with Crippen LogP contribution >= 0.6 is 0 Å². The minimum atomic E-state index is 0. The standard InChI is InChI=1S/C6H4N4O.C2H6.K.Rf/c1-11-6-2-5-3-7-8-4-10(5)9-6;1-2;;/h3-4H,1H2;1-2H3;;/q-2;;+1;. The summed E-state index contributed by atoms with van der Waals surface area (Å²) in [6.07, 6.45) is 3.00. The smallest absolute Gasteiger partial charge is 0.665 e. The molecule has 0 bridgehead atoms. The van der Waals surface area contributed by atoms with E-state index in [1.807, 2.05) is 13.8 Å². The molecule has 0 saturated heterocycles. The van der Waals surface area contributed by atoms with Gasteiger partial charge in [0.1, 0.15) is 12.2 Å². The van der Waals surface area contributed by atoms with Crippen molar-refractivity contribution in [1.29, 1.82) is 0 Å². The molecule has 0 aliphatic rings. The molecule has 5 nitrogen and oxygen atoms in total. The molecule has 0 amide bonds. The summed E-state index contributed by atoms with van der Waals surface area (Å²) in [6, 6.07) is 2.81. The molecular weight excluding hydrogens is 474 g/mol. The third-order valence-corrected chi connectivity index (χ3v) is 1.22. The zero-order chi connectivity index (χ0) is 9.68. The topological polar surface area (TPSA) is 52.3 Å². The van der Waals surface area contributed by atoms with Crippen LogP contribution in [0.1, 0.15) is 13.8 Å². The molecule has 0 aromatic carbocycles. The summed E-state index contributed by atoms with van der Waals surface area (Å²) in [5.74, 6) is 0.333. The van der Waals surface area contributed by atoms with Gasteiger partial charge in [-0.1, -0.05) is 25.6 Å². The number of nitrogens with zero attached hydrogens (tertiary/aromatic N) is 4. The maximum atomic E-state index is 4.61. The van der Waals surface area contributed by atoms with Crippen LogP contribution in [-0.2, 0) is 0 Å². The van der Waals surface area contributed by atoms with Crippen molar-refractivity contribution in [2.45, 2.75) is 13.8 Å². The first-order valence-corrected chi connectivity index (χ1v) is 3.90. The Morgan fingerprint density at radius 2 is 2.07 bits per heavy atom. The van der Waals surface area contributed by atoms with Crippen molar-refractivity contribution in [3.05, 3.63) is 25.7 Å². The van der Waals surface area contributed by atoms with E-state index < -0.39 is 0 Å². The Kier molecular flexibility index (Phi) is 9.09. The van der Waals surface area contributed by atoms with Gasteiger partial charge in [0.25, 0.3) is 0 Å². The molecule has 0 aliphatic heterocycles. The van der Waals surface area contributed by atoms with Crippen LogP contribution in [0.4, 0.5) is 0 Å². The molecule has 15 heavy (non-hydrogen) atoms. The maximum Gasteiger partial charge on any atom is 1.00 e. The largest absolute Gasteiger partial charge is 1.00 e. The summed E-state index contributed by atoms with van der Waals surface area (Å²) in [5, 5.41) is 11.2. The molecular formula is C8H10KN4ORf-. The Morgan fingerprint density at radius 1 is 1.40 bits per heavy atom. The summed E-state index contributed by atoms with van der Waals surface area (Å²) < 4.78 is 6.11. The van der Waals surface area contributed by atoms with E-state index in [4.69, 9.17) is 0 Å². The van der Waals surface area contributed by atoms with Crippen molar-refractivity contribution in [3.8, 4) is 5.88 Å². The van der Waals surface area contributed by atoms with Gasteiger partial charge in [-0.15, -0.1) is 0 Å². The van der Waals surface area contributed by atoms with Crippen LogP contribution in [0.5, 0.6) is 5.88 Å². The second-order valence-electron chi connectivity index (χ2n) is 1.88. The Morgan fingerprint density at radius 3 is 2.60 bits per heavy atom. The molecule has 0 atom stereocenters. The summed E-state index contributed by atoms with van der Waals surface area (Å²) in [6.45, 7) is 4.00. The fraction of sp³-hybridized carbons (Fsp3) is 0.250. The van der Waals surface area contributed by atoms with Gasteiger partial charge < -0.3 is 4.74 Å². The van der Waals surface area contributed by atoms with Crippen LogP contribution in [0.3, 0.4) is 0 Å². The Hall–Kier alpha value is -1.01. The SMILES string of the molecule is CC.[CH2-]Oc1[c-]c2cnncn2n1.[K+].[Rf]. The van der Waals surface area contributed by atoms with Gasteiger partial charge in [0.05, 0.1) is 0 Å². The maximum absolute atomic E-state index is 4.61. The van der Waals surface area contributed by atoms with E-state index >= 15 is 0 Å². The van der Waals surface area contributed by atoms with Gasteiger partial charge in [-0.25, -0.2) is 0 Å². The van der Waals surface area contributed by atoms with E-state index in [0.29, 0.717) is 11.4 Å². The number of aromatic nitrogens is 4. The number of hydrogen-bond acceptors (Lipinski definition) is 4. The van der Waals surface area contributed by atoms with Crippen molar-refractivity contribution in [2.24, 2.45) is 0 Å². The first-order chi connectivity index (χ1) is 6.40. The molecule has 0 unspecified atom stereocenters. The van der Waals surface area contributed by atoms with Gasteiger partial charge in [-0.2, -0.15) is 23.4 Å². The average Bonchev–Trinajstić information content (AvgIpc) is 2.63. The number of rotatable bonds is 1. The Labute approximate surface area is 125 Å². The Balaban J connectivity index is 0. The van der Waals surface area contributed by atoms with E-state index in [9.17, 15) is 0 Å². The molecule has 2 aromatic heterocycles. The van der Waals surface area contributed by atoms with Crippen molar-refractivity contribution in [1.82, 2.24) is 19.8 Å². The minimum absolute atomic E-state index is 0. The predicted molar refractivity (Wildman–Crippen MR) is 47.0 cm³/mol. The molecule has 0 fully saturated rings. The number of hydrogen-bond donors (Lipinski definition) is 0. The molecule has 72 valence electrons. The molecule has 0 radical (unpaired) electrons. The summed E-state index contributed by atoms with van der Waals surface area (Å²) in [5.41, 5.74) is 0.707. The zero-order valence-corrected chi connectivity index (χ0v) is 18.8. The van der Waals surface area contributed by atoms with Crippen molar-refractivity contribution in [3.63, 3.8) is 0 Å². The van der Waals surface area contributed by atoms with Crippen LogP contribution in [0, 0.1) is 13.2 Å². The molecule has 0 spiro atoms. The van der Waals surface area contributed by atoms with Gasteiger partial charge in [0.2, 0.25) is 0 Å². The third-order valence-electron chi connectivity index (χ3n) is 1.22. The average molecular weight is 484 g/mol. The molecule has 2 heterocycles. The van der Waals surface area contributed by atoms with Gasteiger partial charge in [0.15, 0.2) is 0 Å². The van der Waals surface area contributed by atoms with E-state index in [-0.39, 0.29) is 51.4 Å². The quantitative estimate of drug-likeness (QED) is 0.352. The summed E-state index contributed by atoms with van der Waals surface area (Å²) in [4.78, 5) is 0. The third kappa shape index (κ3) is 3.92. The van der Waals surface area contributed by atoms with Gasteiger partial charge in [0, 0.05) is 0 Å². The fourth-order valence-corrected chi connectivity index (χ4v) is 0.755. The van der Waals surface area contributed by atoms with Crippen molar-refractivity contribution in [2.75, 3.05) is 0 Å². The normalized spacial score (nSPS) is 7.93. The molecule has 0 aliphatic carbocycles. The van der Waals surface area contributed by atoms with E-state index in [1.165, 1.54) is 17.0 Å². The zero-order valence-electron chi connectivity index (χ0n) is 9.27. The summed E-state index contributed by atoms with van der Waals surface area (Å²) in [7, 11) is 3.20. The fourth-order valence-electron chi connectivity index (χ4n) is 0.755. The monoisotopic (exact) mass is 484 g/mol. The predicted octanol–water partition coefficient (Wildman–Crippen LogP) is -1.87.